The zero-order valence-electron chi connectivity index (χ0n) is 13.4. The molecule has 3 rings (SSSR count). The van der Waals surface area contributed by atoms with Gasteiger partial charge in [-0.3, -0.25) is 4.79 Å². The van der Waals surface area contributed by atoms with E-state index in [0.717, 1.165) is 22.5 Å². The predicted octanol–water partition coefficient (Wildman–Crippen LogP) is 3.87. The van der Waals surface area contributed by atoms with Crippen LogP contribution in [0.4, 0.5) is 0 Å². The number of para-hydroxylation sites is 1. The van der Waals surface area contributed by atoms with E-state index >= 15 is 0 Å². The minimum Gasteiger partial charge on any atom is -0.356 e. The third-order valence-corrected chi connectivity index (χ3v) is 3.91. The molecule has 0 atom stereocenters. The molecule has 122 valence electrons. The number of rotatable bonds is 5. The Morgan fingerprint density at radius 2 is 1.83 bits per heavy atom. The van der Waals surface area contributed by atoms with Crippen LogP contribution in [0.15, 0.2) is 60.8 Å². The average molecular weight is 340 g/mol. The number of carbonyl (C=O) groups is 1. The molecular weight excluding hydrogens is 322 g/mol. The second-order valence-electron chi connectivity index (χ2n) is 5.42. The normalized spacial score (nSPS) is 10.6. The van der Waals surface area contributed by atoms with Crippen molar-refractivity contribution in [3.8, 4) is 16.9 Å². The number of amides is 1. The van der Waals surface area contributed by atoms with Crippen molar-refractivity contribution in [1.82, 2.24) is 15.1 Å². The molecule has 0 spiro atoms. The smallest absolute Gasteiger partial charge is 0.224 e. The molecule has 0 fully saturated rings. The fourth-order valence-corrected chi connectivity index (χ4v) is 2.66. The predicted molar refractivity (Wildman–Crippen MR) is 96.4 cm³/mol. The van der Waals surface area contributed by atoms with Gasteiger partial charge in [0.1, 0.15) is 0 Å². The van der Waals surface area contributed by atoms with Gasteiger partial charge < -0.3 is 5.32 Å². The Labute approximate surface area is 146 Å². The summed E-state index contributed by atoms with van der Waals surface area (Å²) < 4.78 is 1.80. The lowest BCUT2D eigenvalue weighted by atomic mass is 10.1. The van der Waals surface area contributed by atoms with Gasteiger partial charge in [0.2, 0.25) is 5.91 Å². The molecule has 0 aliphatic rings. The second-order valence-corrected chi connectivity index (χ2v) is 5.86. The summed E-state index contributed by atoms with van der Waals surface area (Å²) in [6.45, 7) is 2.52. The largest absolute Gasteiger partial charge is 0.356 e. The van der Waals surface area contributed by atoms with Crippen LogP contribution < -0.4 is 5.32 Å². The number of likely N-dealkylation sites (N-methyl/N-ethyl adjacent to an activating group) is 1. The second kappa shape index (κ2) is 7.32. The van der Waals surface area contributed by atoms with Crippen molar-refractivity contribution in [2.75, 3.05) is 6.54 Å². The summed E-state index contributed by atoms with van der Waals surface area (Å²) in [5.74, 6) is -0.0136. The van der Waals surface area contributed by atoms with E-state index in [1.54, 1.807) is 4.68 Å². The van der Waals surface area contributed by atoms with Crippen LogP contribution >= 0.6 is 11.6 Å². The van der Waals surface area contributed by atoms with Gasteiger partial charge in [-0.25, -0.2) is 4.68 Å². The molecule has 0 unspecified atom stereocenters. The Morgan fingerprint density at radius 3 is 2.50 bits per heavy atom. The number of hydrogen-bond acceptors (Lipinski definition) is 2. The highest BCUT2D eigenvalue weighted by Crippen LogP contribution is 2.25. The van der Waals surface area contributed by atoms with Crippen LogP contribution in [0.2, 0.25) is 5.02 Å². The van der Waals surface area contributed by atoms with Crippen molar-refractivity contribution in [3.05, 3.63) is 71.4 Å². The molecular formula is C19H18ClN3O. The number of nitrogens with one attached hydrogen (secondary N) is 1. The molecule has 0 saturated heterocycles. The molecule has 24 heavy (non-hydrogen) atoms. The molecule has 0 bridgehead atoms. The molecule has 3 aromatic rings. The first kappa shape index (κ1) is 16.3. The molecule has 2 aromatic carbocycles. The third-order valence-electron chi connectivity index (χ3n) is 3.65. The van der Waals surface area contributed by atoms with E-state index in [4.69, 9.17) is 11.6 Å². The highest BCUT2D eigenvalue weighted by atomic mass is 35.5. The lowest BCUT2D eigenvalue weighted by Gasteiger charge is -2.03. The Hall–Kier alpha value is -2.59. The Balaban J connectivity index is 2.02. The minimum atomic E-state index is -0.0136. The maximum absolute atomic E-state index is 12.0. The number of hydrogen-bond donors (Lipinski definition) is 1. The van der Waals surface area contributed by atoms with Gasteiger partial charge >= 0.3 is 0 Å². The van der Waals surface area contributed by atoms with Gasteiger partial charge in [-0.2, -0.15) is 5.10 Å². The van der Waals surface area contributed by atoms with E-state index in [1.807, 2.05) is 67.7 Å². The summed E-state index contributed by atoms with van der Waals surface area (Å²) in [7, 11) is 0. The standard InChI is InChI=1S/C19H18ClN3O/c1-2-21-18(24)12-15-13-23(17-6-4-3-5-7-17)22-19(15)14-8-10-16(20)11-9-14/h3-11,13H,2,12H2,1H3,(H,21,24). The Bertz CT molecular complexity index is 826. The number of aromatic nitrogens is 2. The zero-order chi connectivity index (χ0) is 16.9. The quantitative estimate of drug-likeness (QED) is 0.767. The van der Waals surface area contributed by atoms with E-state index in [2.05, 4.69) is 10.4 Å². The summed E-state index contributed by atoms with van der Waals surface area (Å²) in [5, 5.41) is 8.19. The highest BCUT2D eigenvalue weighted by Gasteiger charge is 2.15. The maximum Gasteiger partial charge on any atom is 0.224 e. The van der Waals surface area contributed by atoms with Gasteiger partial charge in [-0.1, -0.05) is 41.9 Å². The fourth-order valence-electron chi connectivity index (χ4n) is 2.54. The Morgan fingerprint density at radius 1 is 1.12 bits per heavy atom. The molecule has 5 heteroatoms. The molecule has 1 heterocycles. The van der Waals surface area contributed by atoms with Crippen molar-refractivity contribution in [3.63, 3.8) is 0 Å². The van der Waals surface area contributed by atoms with Gasteiger partial charge in [-0.05, 0) is 31.2 Å². The van der Waals surface area contributed by atoms with Crippen LogP contribution in [0.3, 0.4) is 0 Å². The first-order chi connectivity index (χ1) is 11.7. The van der Waals surface area contributed by atoms with Crippen molar-refractivity contribution >= 4 is 17.5 Å². The van der Waals surface area contributed by atoms with E-state index in [1.165, 1.54) is 0 Å². The lowest BCUT2D eigenvalue weighted by Crippen LogP contribution is -2.24. The lowest BCUT2D eigenvalue weighted by molar-refractivity contribution is -0.120. The van der Waals surface area contributed by atoms with Crippen molar-refractivity contribution in [2.45, 2.75) is 13.3 Å². The number of nitrogens with zero attached hydrogens (tertiary/aromatic N) is 2. The summed E-state index contributed by atoms with van der Waals surface area (Å²) >= 11 is 5.98. The average Bonchev–Trinajstić information content (AvgIpc) is 3.00. The van der Waals surface area contributed by atoms with Crippen LogP contribution in [0.1, 0.15) is 12.5 Å². The molecule has 1 amide bonds. The van der Waals surface area contributed by atoms with E-state index in [-0.39, 0.29) is 5.91 Å². The molecule has 4 nitrogen and oxygen atoms in total. The Kier molecular flexibility index (Phi) is 4.96. The number of halogens is 1. The molecule has 1 aromatic heterocycles. The molecule has 0 saturated carbocycles. The van der Waals surface area contributed by atoms with Gasteiger partial charge in [0.25, 0.3) is 0 Å². The summed E-state index contributed by atoms with van der Waals surface area (Å²) in [6, 6.07) is 17.3. The number of benzene rings is 2. The van der Waals surface area contributed by atoms with Gasteiger partial charge in [0, 0.05) is 28.9 Å². The van der Waals surface area contributed by atoms with Crippen LogP contribution in [0.5, 0.6) is 0 Å². The van der Waals surface area contributed by atoms with E-state index < -0.39 is 0 Å². The van der Waals surface area contributed by atoms with Crippen LogP contribution in [0, 0.1) is 0 Å². The van der Waals surface area contributed by atoms with Gasteiger partial charge in [0.05, 0.1) is 17.8 Å². The van der Waals surface area contributed by atoms with E-state index in [9.17, 15) is 4.79 Å². The zero-order valence-corrected chi connectivity index (χ0v) is 14.1. The van der Waals surface area contributed by atoms with E-state index in [0.29, 0.717) is 18.0 Å². The fraction of sp³-hybridized carbons (Fsp3) is 0.158. The van der Waals surface area contributed by atoms with Crippen LogP contribution in [-0.4, -0.2) is 22.2 Å². The van der Waals surface area contributed by atoms with Crippen LogP contribution in [0.25, 0.3) is 16.9 Å². The van der Waals surface area contributed by atoms with Gasteiger partial charge in [0.15, 0.2) is 0 Å². The topological polar surface area (TPSA) is 46.9 Å². The van der Waals surface area contributed by atoms with Crippen molar-refractivity contribution < 1.29 is 4.79 Å². The first-order valence-electron chi connectivity index (χ1n) is 7.84. The molecule has 0 radical (unpaired) electrons. The monoisotopic (exact) mass is 339 g/mol. The first-order valence-corrected chi connectivity index (χ1v) is 8.21. The summed E-state index contributed by atoms with van der Waals surface area (Å²) in [4.78, 5) is 12.0. The molecule has 1 N–H and O–H groups in total. The summed E-state index contributed by atoms with van der Waals surface area (Å²) in [6.07, 6.45) is 2.20. The highest BCUT2D eigenvalue weighted by molar-refractivity contribution is 6.30. The molecule has 0 aliphatic heterocycles. The minimum absolute atomic E-state index is 0.0136. The number of carbonyl (C=O) groups excluding carboxylic acids is 1. The SMILES string of the molecule is CCNC(=O)Cc1cn(-c2ccccc2)nc1-c1ccc(Cl)cc1. The van der Waals surface area contributed by atoms with Crippen molar-refractivity contribution in [1.29, 1.82) is 0 Å². The van der Waals surface area contributed by atoms with Crippen molar-refractivity contribution in [2.24, 2.45) is 0 Å². The third kappa shape index (κ3) is 3.66. The molecule has 0 aliphatic carbocycles. The van der Waals surface area contributed by atoms with Crippen LogP contribution in [-0.2, 0) is 11.2 Å². The maximum atomic E-state index is 12.0. The van der Waals surface area contributed by atoms with Gasteiger partial charge in [-0.15, -0.1) is 0 Å². The summed E-state index contributed by atoms with van der Waals surface area (Å²) in [5.41, 5.74) is 3.57.